The normalized spacial score (nSPS) is 15.1. The maximum absolute atomic E-state index is 13.3. The minimum Gasteiger partial charge on any atom is -0.351 e. The van der Waals surface area contributed by atoms with Gasteiger partial charge < -0.3 is 9.88 Å². The van der Waals surface area contributed by atoms with Crippen molar-refractivity contribution in [3.63, 3.8) is 0 Å². The van der Waals surface area contributed by atoms with Crippen LogP contribution in [-0.4, -0.2) is 28.9 Å². The van der Waals surface area contributed by atoms with Crippen molar-refractivity contribution in [1.82, 2.24) is 9.88 Å². The fourth-order valence-corrected chi connectivity index (χ4v) is 3.86. The summed E-state index contributed by atoms with van der Waals surface area (Å²) in [6.07, 6.45) is -3.30. The van der Waals surface area contributed by atoms with Crippen molar-refractivity contribution in [2.24, 2.45) is 0 Å². The first-order valence-electron chi connectivity index (χ1n) is 9.96. The molecule has 0 spiro atoms. The van der Waals surface area contributed by atoms with Crippen molar-refractivity contribution in [2.45, 2.75) is 38.8 Å². The first-order chi connectivity index (χ1) is 13.9. The van der Waals surface area contributed by atoms with Gasteiger partial charge in [0.2, 0.25) is 0 Å². The molecule has 1 aliphatic heterocycles. The predicted molar refractivity (Wildman–Crippen MR) is 109 cm³/mol. The predicted octanol–water partition coefficient (Wildman–Crippen LogP) is 6.23. The number of para-hydroxylation sites is 1. The number of piperidine rings is 1. The van der Waals surface area contributed by atoms with E-state index in [4.69, 9.17) is 0 Å². The number of carbonyl (C=O) groups excluding carboxylic acids is 1. The monoisotopic (exact) mass is 402 g/mol. The second kappa shape index (κ2) is 8.72. The number of nitrogens with zero attached hydrogens (tertiary/aromatic N) is 1. The first-order valence-corrected chi connectivity index (χ1v) is 9.96. The van der Waals surface area contributed by atoms with Crippen LogP contribution in [0.3, 0.4) is 0 Å². The zero-order chi connectivity index (χ0) is 21.0. The molecule has 4 rings (SSSR count). The highest BCUT2D eigenvalue weighted by atomic mass is 19.4. The molecule has 0 saturated carbocycles. The number of aromatic nitrogens is 1. The third kappa shape index (κ3) is 4.47. The Bertz CT molecular complexity index is 936. The van der Waals surface area contributed by atoms with Crippen LogP contribution in [0.1, 0.15) is 54.2 Å². The molecule has 1 aromatic heterocycles. The molecule has 154 valence electrons. The number of aromatic amines is 1. The Hall–Kier alpha value is -2.76. The maximum atomic E-state index is 13.3. The van der Waals surface area contributed by atoms with Crippen molar-refractivity contribution < 1.29 is 18.0 Å². The third-order valence-corrected chi connectivity index (χ3v) is 5.25. The van der Waals surface area contributed by atoms with E-state index in [-0.39, 0.29) is 11.8 Å². The SMILES string of the molecule is CC.O=C(c1cc2ccccc2[nH]1)N1CCC(c2ccccc2C(F)(F)F)CC1. The van der Waals surface area contributed by atoms with Crippen LogP contribution >= 0.6 is 0 Å². The molecule has 3 nitrogen and oxygen atoms in total. The molecule has 0 bridgehead atoms. The second-order valence-electron chi connectivity index (χ2n) is 6.92. The van der Waals surface area contributed by atoms with Gasteiger partial charge in [0, 0.05) is 24.0 Å². The first kappa shape index (κ1) is 21.0. The molecule has 2 heterocycles. The lowest BCUT2D eigenvalue weighted by Gasteiger charge is -2.33. The van der Waals surface area contributed by atoms with Gasteiger partial charge in [-0.1, -0.05) is 50.2 Å². The fourth-order valence-electron chi connectivity index (χ4n) is 3.86. The molecule has 1 saturated heterocycles. The van der Waals surface area contributed by atoms with Crippen molar-refractivity contribution in [3.05, 3.63) is 71.4 Å². The molecule has 0 unspecified atom stereocenters. The molecule has 1 N–H and O–H groups in total. The molecule has 1 aliphatic rings. The zero-order valence-corrected chi connectivity index (χ0v) is 16.6. The molecule has 0 aliphatic carbocycles. The summed E-state index contributed by atoms with van der Waals surface area (Å²) in [5, 5.41) is 0.967. The fraction of sp³-hybridized carbons (Fsp3) is 0.348. The van der Waals surface area contributed by atoms with E-state index in [1.165, 1.54) is 6.07 Å². The van der Waals surface area contributed by atoms with Gasteiger partial charge in [-0.15, -0.1) is 0 Å². The van der Waals surface area contributed by atoms with E-state index < -0.39 is 11.7 Å². The average Bonchev–Trinajstić information content (AvgIpc) is 3.18. The van der Waals surface area contributed by atoms with E-state index in [1.54, 1.807) is 17.0 Å². The number of amides is 1. The number of alkyl halides is 3. The number of carbonyl (C=O) groups is 1. The van der Waals surface area contributed by atoms with E-state index in [2.05, 4.69) is 4.98 Å². The highest BCUT2D eigenvalue weighted by Crippen LogP contribution is 2.38. The van der Waals surface area contributed by atoms with Gasteiger partial charge in [0.25, 0.3) is 5.91 Å². The van der Waals surface area contributed by atoms with Gasteiger partial charge in [0.1, 0.15) is 5.69 Å². The van der Waals surface area contributed by atoms with Crippen LogP contribution in [0, 0.1) is 0 Å². The number of rotatable bonds is 2. The second-order valence-corrected chi connectivity index (χ2v) is 6.92. The Morgan fingerprint density at radius 2 is 1.62 bits per heavy atom. The Balaban J connectivity index is 0.00000117. The molecule has 6 heteroatoms. The van der Waals surface area contributed by atoms with Crippen molar-refractivity contribution in [2.75, 3.05) is 13.1 Å². The minimum atomic E-state index is -4.35. The number of likely N-dealkylation sites (tertiary alicyclic amines) is 1. The Kier molecular flexibility index (Phi) is 6.30. The van der Waals surface area contributed by atoms with Crippen LogP contribution in [0.2, 0.25) is 0 Å². The van der Waals surface area contributed by atoms with Crippen LogP contribution in [0.15, 0.2) is 54.6 Å². The Labute approximate surface area is 168 Å². The van der Waals surface area contributed by atoms with E-state index >= 15 is 0 Å². The number of H-pyrrole nitrogens is 1. The topological polar surface area (TPSA) is 36.1 Å². The summed E-state index contributed by atoms with van der Waals surface area (Å²) in [6, 6.07) is 15.2. The average molecular weight is 402 g/mol. The number of halogens is 3. The van der Waals surface area contributed by atoms with E-state index in [9.17, 15) is 18.0 Å². The maximum Gasteiger partial charge on any atom is 0.416 e. The van der Waals surface area contributed by atoms with Crippen LogP contribution < -0.4 is 0 Å². The zero-order valence-electron chi connectivity index (χ0n) is 16.6. The van der Waals surface area contributed by atoms with Crippen LogP contribution in [0.4, 0.5) is 13.2 Å². The number of fused-ring (bicyclic) bond motifs is 1. The van der Waals surface area contributed by atoms with E-state index in [1.807, 2.05) is 44.2 Å². The molecule has 0 radical (unpaired) electrons. The van der Waals surface area contributed by atoms with Crippen molar-refractivity contribution in [3.8, 4) is 0 Å². The molecule has 0 atom stereocenters. The molecule has 1 fully saturated rings. The molecule has 3 aromatic rings. The summed E-state index contributed by atoms with van der Waals surface area (Å²) in [4.78, 5) is 17.6. The van der Waals surface area contributed by atoms with Crippen LogP contribution in [-0.2, 0) is 6.18 Å². The summed E-state index contributed by atoms with van der Waals surface area (Å²) in [6.45, 7) is 4.90. The van der Waals surface area contributed by atoms with E-state index in [0.29, 0.717) is 37.2 Å². The largest absolute Gasteiger partial charge is 0.416 e. The van der Waals surface area contributed by atoms with Gasteiger partial charge in [0.05, 0.1) is 5.56 Å². The summed E-state index contributed by atoms with van der Waals surface area (Å²) in [7, 11) is 0. The van der Waals surface area contributed by atoms with Gasteiger partial charge in [0.15, 0.2) is 0 Å². The molecular weight excluding hydrogens is 377 g/mol. The van der Waals surface area contributed by atoms with Gasteiger partial charge >= 0.3 is 6.18 Å². The highest BCUT2D eigenvalue weighted by molar-refractivity contribution is 5.98. The third-order valence-electron chi connectivity index (χ3n) is 5.25. The molecule has 1 amide bonds. The highest BCUT2D eigenvalue weighted by Gasteiger charge is 2.36. The number of hydrogen-bond acceptors (Lipinski definition) is 1. The number of benzene rings is 2. The lowest BCUT2D eigenvalue weighted by Crippen LogP contribution is -2.38. The van der Waals surface area contributed by atoms with Crippen LogP contribution in [0.25, 0.3) is 10.9 Å². The van der Waals surface area contributed by atoms with E-state index in [0.717, 1.165) is 17.0 Å². The Morgan fingerprint density at radius 1 is 1.00 bits per heavy atom. The summed E-state index contributed by atoms with van der Waals surface area (Å²) >= 11 is 0. The summed E-state index contributed by atoms with van der Waals surface area (Å²) in [5.41, 5.74) is 1.19. The summed E-state index contributed by atoms with van der Waals surface area (Å²) < 4.78 is 39.8. The summed E-state index contributed by atoms with van der Waals surface area (Å²) in [5.74, 6) is -0.289. The molecule has 29 heavy (non-hydrogen) atoms. The van der Waals surface area contributed by atoms with Crippen LogP contribution in [0.5, 0.6) is 0 Å². The quantitative estimate of drug-likeness (QED) is 0.542. The smallest absolute Gasteiger partial charge is 0.351 e. The van der Waals surface area contributed by atoms with Gasteiger partial charge in [-0.25, -0.2) is 0 Å². The molecular formula is C23H25F3N2O. The lowest BCUT2D eigenvalue weighted by molar-refractivity contribution is -0.138. The van der Waals surface area contributed by atoms with Gasteiger partial charge in [-0.2, -0.15) is 13.2 Å². The molecule has 2 aromatic carbocycles. The van der Waals surface area contributed by atoms with Crippen molar-refractivity contribution in [1.29, 1.82) is 0 Å². The standard InChI is InChI=1S/C21H19F3N2O.C2H6/c22-21(23,24)17-7-3-2-6-16(17)14-9-11-26(12-10-14)20(27)19-13-15-5-1-4-8-18(15)25-19;1-2/h1-8,13-14,25H,9-12H2;1-2H3. The number of nitrogens with one attached hydrogen (secondary N) is 1. The Morgan fingerprint density at radius 3 is 2.28 bits per heavy atom. The lowest BCUT2D eigenvalue weighted by atomic mass is 9.86. The van der Waals surface area contributed by atoms with Gasteiger partial charge in [-0.05, 0) is 42.5 Å². The number of hydrogen-bond donors (Lipinski definition) is 1. The van der Waals surface area contributed by atoms with Crippen molar-refractivity contribution >= 4 is 16.8 Å². The van der Waals surface area contributed by atoms with Gasteiger partial charge in [-0.3, -0.25) is 4.79 Å². The minimum absolute atomic E-state index is 0.103.